The van der Waals surface area contributed by atoms with Crippen LogP contribution in [0, 0.1) is 0 Å². The van der Waals surface area contributed by atoms with Gasteiger partial charge < -0.3 is 10.1 Å². The van der Waals surface area contributed by atoms with E-state index in [2.05, 4.69) is 70.9 Å². The molecule has 0 aromatic heterocycles. The quantitative estimate of drug-likeness (QED) is 0.639. The Labute approximate surface area is 172 Å². The van der Waals surface area contributed by atoms with Crippen LogP contribution in [0.15, 0.2) is 28.7 Å². The predicted molar refractivity (Wildman–Crippen MR) is 114 cm³/mol. The van der Waals surface area contributed by atoms with Gasteiger partial charge in [-0.15, -0.1) is 0 Å². The van der Waals surface area contributed by atoms with Crippen LogP contribution in [0.2, 0.25) is 0 Å². The van der Waals surface area contributed by atoms with E-state index in [1.165, 1.54) is 5.56 Å². The molecule has 1 aliphatic rings. The van der Waals surface area contributed by atoms with Crippen molar-refractivity contribution in [3.8, 4) is 0 Å². The monoisotopic (exact) mass is 439 g/mol. The number of carbonyl (C=O) groups excluding carboxylic acids is 1. The van der Waals surface area contributed by atoms with Gasteiger partial charge in [0.05, 0.1) is 19.8 Å². The van der Waals surface area contributed by atoms with Crippen molar-refractivity contribution in [3.05, 3.63) is 34.3 Å². The van der Waals surface area contributed by atoms with Crippen molar-refractivity contribution in [2.24, 2.45) is 0 Å². The maximum atomic E-state index is 12.7. The van der Waals surface area contributed by atoms with Crippen LogP contribution < -0.4 is 5.32 Å². The first-order valence-electron chi connectivity index (χ1n) is 9.93. The summed E-state index contributed by atoms with van der Waals surface area (Å²) in [5, 5.41) is 3.16. The van der Waals surface area contributed by atoms with E-state index >= 15 is 0 Å². The van der Waals surface area contributed by atoms with Gasteiger partial charge in [0.15, 0.2) is 0 Å². The van der Waals surface area contributed by atoms with Crippen molar-refractivity contribution in [1.82, 2.24) is 15.1 Å². The Morgan fingerprint density at radius 1 is 1.33 bits per heavy atom. The number of nitrogens with one attached hydrogen (secondary N) is 1. The molecule has 27 heavy (non-hydrogen) atoms. The summed E-state index contributed by atoms with van der Waals surface area (Å²) in [6.45, 7) is 14.0. The molecule has 1 amide bonds. The van der Waals surface area contributed by atoms with Crippen molar-refractivity contribution in [1.29, 1.82) is 0 Å². The predicted octanol–water partition coefficient (Wildman–Crippen LogP) is 3.45. The Hall–Kier alpha value is -0.950. The van der Waals surface area contributed by atoms with E-state index in [-0.39, 0.29) is 17.5 Å². The van der Waals surface area contributed by atoms with Crippen molar-refractivity contribution in [2.45, 2.75) is 45.7 Å². The summed E-state index contributed by atoms with van der Waals surface area (Å²) in [5.41, 5.74) is 1.15. The minimum Gasteiger partial charge on any atom is -0.379 e. The summed E-state index contributed by atoms with van der Waals surface area (Å²) in [7, 11) is 0. The van der Waals surface area contributed by atoms with Crippen molar-refractivity contribution in [2.75, 3.05) is 45.9 Å². The van der Waals surface area contributed by atoms with Gasteiger partial charge in [0, 0.05) is 35.7 Å². The lowest BCUT2D eigenvalue weighted by atomic mass is 10.0. The van der Waals surface area contributed by atoms with E-state index in [9.17, 15) is 4.79 Å². The molecule has 1 unspecified atom stereocenters. The smallest absolute Gasteiger partial charge is 0.234 e. The van der Waals surface area contributed by atoms with Gasteiger partial charge in [-0.3, -0.25) is 14.6 Å². The van der Waals surface area contributed by atoms with E-state index in [0.717, 1.165) is 43.7 Å². The number of carbonyl (C=O) groups is 1. The summed E-state index contributed by atoms with van der Waals surface area (Å²) >= 11 is 3.64. The number of halogens is 1. The van der Waals surface area contributed by atoms with E-state index in [0.29, 0.717) is 13.1 Å². The molecular formula is C21H34BrN3O2. The zero-order valence-electron chi connectivity index (χ0n) is 17.1. The fraction of sp³-hybridized carbons (Fsp3) is 0.667. The Morgan fingerprint density at radius 3 is 2.63 bits per heavy atom. The average molecular weight is 440 g/mol. The zero-order chi connectivity index (χ0) is 19.9. The lowest BCUT2D eigenvalue weighted by Gasteiger charge is -2.41. The highest BCUT2D eigenvalue weighted by molar-refractivity contribution is 9.10. The van der Waals surface area contributed by atoms with Gasteiger partial charge in [-0.05, 0) is 45.4 Å². The van der Waals surface area contributed by atoms with Crippen LogP contribution in [0.3, 0.4) is 0 Å². The Bertz CT molecular complexity index is 603. The fourth-order valence-electron chi connectivity index (χ4n) is 3.54. The molecular weight excluding hydrogens is 406 g/mol. The first-order valence-corrected chi connectivity index (χ1v) is 10.7. The second-order valence-electron chi connectivity index (χ2n) is 7.86. The van der Waals surface area contributed by atoms with Gasteiger partial charge in [0.1, 0.15) is 0 Å². The third-order valence-electron chi connectivity index (χ3n) is 5.35. The number of hydrogen-bond donors (Lipinski definition) is 1. The molecule has 6 heteroatoms. The number of ether oxygens (including phenoxy) is 1. The molecule has 1 aromatic rings. The van der Waals surface area contributed by atoms with Crippen LogP contribution >= 0.6 is 15.9 Å². The molecule has 0 spiro atoms. The lowest BCUT2D eigenvalue weighted by molar-refractivity contribution is -0.123. The molecule has 1 atom stereocenters. The molecule has 1 aromatic carbocycles. The van der Waals surface area contributed by atoms with Gasteiger partial charge in [0.25, 0.3) is 0 Å². The van der Waals surface area contributed by atoms with Crippen LogP contribution in [-0.4, -0.2) is 67.2 Å². The molecule has 0 saturated carbocycles. The summed E-state index contributed by atoms with van der Waals surface area (Å²) < 4.78 is 6.53. The first kappa shape index (κ1) is 22.3. The molecule has 1 saturated heterocycles. The third kappa shape index (κ3) is 6.56. The Kier molecular flexibility index (Phi) is 8.73. The van der Waals surface area contributed by atoms with E-state index in [1.807, 2.05) is 12.1 Å². The van der Waals surface area contributed by atoms with Crippen LogP contribution in [0.4, 0.5) is 0 Å². The SMILES string of the molecule is CCCN(CC(=O)NCC(C)(C)N1CCOCC1)C(C)c1ccccc1Br. The highest BCUT2D eigenvalue weighted by atomic mass is 79.9. The molecule has 0 radical (unpaired) electrons. The van der Waals surface area contributed by atoms with Crippen LogP contribution in [0.1, 0.15) is 45.7 Å². The number of rotatable bonds is 9. The Morgan fingerprint density at radius 2 is 2.00 bits per heavy atom. The number of morpholine rings is 1. The van der Waals surface area contributed by atoms with Crippen molar-refractivity contribution >= 4 is 21.8 Å². The first-order chi connectivity index (χ1) is 12.8. The maximum absolute atomic E-state index is 12.7. The minimum absolute atomic E-state index is 0.0664. The Balaban J connectivity index is 1.93. The van der Waals surface area contributed by atoms with Crippen molar-refractivity contribution < 1.29 is 9.53 Å². The highest BCUT2D eigenvalue weighted by Gasteiger charge is 2.29. The zero-order valence-corrected chi connectivity index (χ0v) is 18.7. The molecule has 5 nitrogen and oxygen atoms in total. The second kappa shape index (κ2) is 10.6. The number of amides is 1. The summed E-state index contributed by atoms with van der Waals surface area (Å²) in [6.07, 6.45) is 1.02. The van der Waals surface area contributed by atoms with Crippen LogP contribution in [0.25, 0.3) is 0 Å². The fourth-order valence-corrected chi connectivity index (χ4v) is 4.16. The summed E-state index contributed by atoms with van der Waals surface area (Å²) in [5.74, 6) is 0.0867. The van der Waals surface area contributed by atoms with Gasteiger partial charge in [-0.1, -0.05) is 41.1 Å². The molecule has 152 valence electrons. The molecule has 1 aliphatic heterocycles. The molecule has 2 rings (SSSR count). The molecule has 1 N–H and O–H groups in total. The van der Waals surface area contributed by atoms with Crippen LogP contribution in [0.5, 0.6) is 0 Å². The molecule has 1 heterocycles. The molecule has 0 aliphatic carbocycles. The standard InChI is InChI=1S/C21H34BrN3O2/c1-5-10-24(17(2)18-8-6-7-9-19(18)22)15-20(26)23-16-21(3,4)25-11-13-27-14-12-25/h6-9,17H,5,10-16H2,1-4H3,(H,23,26). The maximum Gasteiger partial charge on any atom is 0.234 e. The molecule has 1 fully saturated rings. The molecule has 0 bridgehead atoms. The number of nitrogens with zero attached hydrogens (tertiary/aromatic N) is 2. The summed E-state index contributed by atoms with van der Waals surface area (Å²) in [6, 6.07) is 8.42. The summed E-state index contributed by atoms with van der Waals surface area (Å²) in [4.78, 5) is 17.3. The average Bonchev–Trinajstić information content (AvgIpc) is 2.67. The van der Waals surface area contributed by atoms with Gasteiger partial charge >= 0.3 is 0 Å². The van der Waals surface area contributed by atoms with E-state index < -0.39 is 0 Å². The normalized spacial score (nSPS) is 17.1. The topological polar surface area (TPSA) is 44.8 Å². The highest BCUT2D eigenvalue weighted by Crippen LogP contribution is 2.27. The van der Waals surface area contributed by atoms with Gasteiger partial charge in [-0.25, -0.2) is 0 Å². The number of hydrogen-bond acceptors (Lipinski definition) is 4. The largest absolute Gasteiger partial charge is 0.379 e. The minimum atomic E-state index is -0.0664. The third-order valence-corrected chi connectivity index (χ3v) is 6.07. The second-order valence-corrected chi connectivity index (χ2v) is 8.71. The van der Waals surface area contributed by atoms with Crippen molar-refractivity contribution in [3.63, 3.8) is 0 Å². The van der Waals surface area contributed by atoms with E-state index in [4.69, 9.17) is 4.74 Å². The lowest BCUT2D eigenvalue weighted by Crippen LogP contribution is -2.56. The van der Waals surface area contributed by atoms with E-state index in [1.54, 1.807) is 0 Å². The van der Waals surface area contributed by atoms with Gasteiger partial charge in [0.2, 0.25) is 5.91 Å². The van der Waals surface area contributed by atoms with Crippen LogP contribution in [-0.2, 0) is 9.53 Å². The van der Waals surface area contributed by atoms with Gasteiger partial charge in [-0.2, -0.15) is 0 Å². The number of benzene rings is 1.